The summed E-state index contributed by atoms with van der Waals surface area (Å²) < 4.78 is 1.82. The third-order valence-corrected chi connectivity index (χ3v) is 3.55. The molecule has 0 aromatic carbocycles. The Morgan fingerprint density at radius 1 is 1.29 bits per heavy atom. The number of rotatable bonds is 5. The van der Waals surface area contributed by atoms with E-state index in [0.717, 1.165) is 12.2 Å². The zero-order valence-corrected chi connectivity index (χ0v) is 12.9. The number of carbonyl (C=O) groups is 1. The Bertz CT molecular complexity index is 603. The average Bonchev–Trinajstić information content (AvgIpc) is 2.94. The molecule has 2 aromatic heterocycles. The van der Waals surface area contributed by atoms with Crippen LogP contribution in [0.5, 0.6) is 0 Å². The number of aromatic nitrogens is 4. The van der Waals surface area contributed by atoms with E-state index >= 15 is 0 Å². The highest BCUT2D eigenvalue weighted by Crippen LogP contribution is 2.21. The topological polar surface area (TPSA) is 72.7 Å². The van der Waals surface area contributed by atoms with E-state index in [2.05, 4.69) is 41.2 Å². The number of hydrogen-bond acceptors (Lipinski definition) is 4. The molecule has 0 spiro atoms. The molecular weight excluding hydrogens is 266 g/mol. The molecule has 1 N–H and O–H groups in total. The van der Waals surface area contributed by atoms with Crippen LogP contribution in [-0.2, 0) is 6.42 Å². The predicted octanol–water partition coefficient (Wildman–Crippen LogP) is 2.70. The number of nitrogens with zero attached hydrogens (tertiary/aromatic N) is 4. The minimum Gasteiger partial charge on any atom is -0.307 e. The summed E-state index contributed by atoms with van der Waals surface area (Å²) in [5, 5.41) is 7.14. The lowest BCUT2D eigenvalue weighted by Crippen LogP contribution is -2.20. The van der Waals surface area contributed by atoms with Gasteiger partial charge in [0.05, 0.1) is 17.8 Å². The Kier molecular flexibility index (Phi) is 4.67. The normalized spacial score (nSPS) is 12.4. The highest BCUT2D eigenvalue weighted by atomic mass is 16.1. The molecule has 2 rings (SSSR count). The molecule has 21 heavy (non-hydrogen) atoms. The van der Waals surface area contributed by atoms with Gasteiger partial charge in [-0.25, -0.2) is 14.6 Å². The number of amides is 1. The van der Waals surface area contributed by atoms with E-state index in [9.17, 15) is 4.79 Å². The van der Waals surface area contributed by atoms with Crippen molar-refractivity contribution in [3.8, 4) is 0 Å². The van der Waals surface area contributed by atoms with Gasteiger partial charge in [0.25, 0.3) is 5.91 Å². The summed E-state index contributed by atoms with van der Waals surface area (Å²) in [5.74, 6) is 1.61. The van der Waals surface area contributed by atoms with Gasteiger partial charge >= 0.3 is 0 Å². The summed E-state index contributed by atoms with van der Waals surface area (Å²) in [6, 6.07) is 1.99. The molecule has 0 saturated heterocycles. The summed E-state index contributed by atoms with van der Waals surface area (Å²) in [6.07, 6.45) is 5.53. The molecule has 0 bridgehead atoms. The van der Waals surface area contributed by atoms with Crippen molar-refractivity contribution in [2.75, 3.05) is 5.32 Å². The standard InChI is InChI=1S/C15H21N5O/c1-5-13-16-8-12(9-17-13)15(21)19-14-6-7-18-20(14)11(4)10(2)3/h6-11H,5H2,1-4H3,(H,19,21). The molecule has 1 unspecified atom stereocenters. The van der Waals surface area contributed by atoms with Crippen LogP contribution >= 0.6 is 0 Å². The van der Waals surface area contributed by atoms with E-state index in [0.29, 0.717) is 17.3 Å². The molecule has 1 atom stereocenters. The van der Waals surface area contributed by atoms with Crippen LogP contribution in [0.15, 0.2) is 24.7 Å². The van der Waals surface area contributed by atoms with Crippen LogP contribution < -0.4 is 5.32 Å². The van der Waals surface area contributed by atoms with E-state index in [1.54, 1.807) is 24.7 Å². The number of anilines is 1. The van der Waals surface area contributed by atoms with E-state index in [1.165, 1.54) is 0 Å². The lowest BCUT2D eigenvalue weighted by Gasteiger charge is -2.19. The zero-order valence-electron chi connectivity index (χ0n) is 12.9. The molecule has 1 amide bonds. The average molecular weight is 287 g/mol. The van der Waals surface area contributed by atoms with Gasteiger partial charge in [-0.1, -0.05) is 20.8 Å². The number of aryl methyl sites for hydroxylation is 1. The monoisotopic (exact) mass is 287 g/mol. The molecule has 0 aliphatic rings. The minimum absolute atomic E-state index is 0.203. The summed E-state index contributed by atoms with van der Waals surface area (Å²) in [7, 11) is 0. The van der Waals surface area contributed by atoms with E-state index in [1.807, 2.05) is 11.6 Å². The van der Waals surface area contributed by atoms with Crippen molar-refractivity contribution >= 4 is 11.7 Å². The highest BCUT2D eigenvalue weighted by molar-refractivity contribution is 6.03. The zero-order chi connectivity index (χ0) is 15.4. The Morgan fingerprint density at radius 3 is 2.52 bits per heavy atom. The first-order valence-corrected chi connectivity index (χ1v) is 7.18. The Morgan fingerprint density at radius 2 is 1.95 bits per heavy atom. The van der Waals surface area contributed by atoms with Crippen LogP contribution in [0, 0.1) is 5.92 Å². The molecule has 0 fully saturated rings. The molecule has 112 valence electrons. The summed E-state index contributed by atoms with van der Waals surface area (Å²) in [6.45, 7) is 8.29. The van der Waals surface area contributed by atoms with Crippen molar-refractivity contribution in [2.24, 2.45) is 5.92 Å². The van der Waals surface area contributed by atoms with Gasteiger partial charge in [0.2, 0.25) is 0 Å². The maximum atomic E-state index is 12.2. The predicted molar refractivity (Wildman–Crippen MR) is 81.1 cm³/mol. The Balaban J connectivity index is 2.14. The van der Waals surface area contributed by atoms with Gasteiger partial charge in [-0.3, -0.25) is 4.79 Å². The van der Waals surface area contributed by atoms with Gasteiger partial charge in [-0.2, -0.15) is 5.10 Å². The lowest BCUT2D eigenvalue weighted by atomic mass is 10.1. The van der Waals surface area contributed by atoms with Crippen LogP contribution in [0.1, 0.15) is 49.9 Å². The smallest absolute Gasteiger partial charge is 0.259 e. The molecule has 0 saturated carbocycles. The number of nitrogens with one attached hydrogen (secondary N) is 1. The fourth-order valence-corrected chi connectivity index (χ4v) is 1.86. The molecule has 2 aromatic rings. The van der Waals surface area contributed by atoms with Crippen LogP contribution in [0.3, 0.4) is 0 Å². The fourth-order valence-electron chi connectivity index (χ4n) is 1.86. The number of carbonyl (C=O) groups excluding carboxylic acids is 1. The Hall–Kier alpha value is -2.24. The lowest BCUT2D eigenvalue weighted by molar-refractivity contribution is 0.102. The van der Waals surface area contributed by atoms with Gasteiger partial charge in [0, 0.05) is 24.9 Å². The van der Waals surface area contributed by atoms with E-state index < -0.39 is 0 Å². The van der Waals surface area contributed by atoms with Crippen LogP contribution in [-0.4, -0.2) is 25.7 Å². The second-order valence-corrected chi connectivity index (χ2v) is 5.34. The van der Waals surface area contributed by atoms with Crippen molar-refractivity contribution in [2.45, 2.75) is 40.2 Å². The summed E-state index contributed by atoms with van der Waals surface area (Å²) in [5.41, 5.74) is 0.442. The van der Waals surface area contributed by atoms with Gasteiger partial charge in [0.15, 0.2) is 0 Å². The number of hydrogen-bond donors (Lipinski definition) is 1. The second-order valence-electron chi connectivity index (χ2n) is 5.34. The molecule has 0 aliphatic carbocycles. The minimum atomic E-state index is -0.227. The van der Waals surface area contributed by atoms with Crippen molar-refractivity contribution in [3.05, 3.63) is 36.0 Å². The third-order valence-electron chi connectivity index (χ3n) is 3.55. The molecule has 6 heteroatoms. The van der Waals surface area contributed by atoms with Crippen molar-refractivity contribution < 1.29 is 4.79 Å². The quantitative estimate of drug-likeness (QED) is 0.917. The first-order chi connectivity index (χ1) is 10.0. The fraction of sp³-hybridized carbons (Fsp3) is 0.467. The van der Waals surface area contributed by atoms with Crippen LogP contribution in [0.2, 0.25) is 0 Å². The largest absolute Gasteiger partial charge is 0.307 e. The summed E-state index contributed by atoms with van der Waals surface area (Å²) in [4.78, 5) is 20.5. The van der Waals surface area contributed by atoms with Gasteiger partial charge < -0.3 is 5.32 Å². The van der Waals surface area contributed by atoms with Gasteiger partial charge in [-0.15, -0.1) is 0 Å². The van der Waals surface area contributed by atoms with Crippen molar-refractivity contribution in [3.63, 3.8) is 0 Å². The van der Waals surface area contributed by atoms with Crippen LogP contribution in [0.4, 0.5) is 5.82 Å². The van der Waals surface area contributed by atoms with Crippen molar-refractivity contribution in [1.29, 1.82) is 0 Å². The van der Waals surface area contributed by atoms with Crippen molar-refractivity contribution in [1.82, 2.24) is 19.7 Å². The first-order valence-electron chi connectivity index (χ1n) is 7.18. The molecule has 0 radical (unpaired) electrons. The first kappa shape index (κ1) is 15.2. The van der Waals surface area contributed by atoms with Crippen LogP contribution in [0.25, 0.3) is 0 Å². The second kappa shape index (κ2) is 6.47. The third kappa shape index (κ3) is 3.45. The van der Waals surface area contributed by atoms with E-state index in [4.69, 9.17) is 0 Å². The SMILES string of the molecule is CCc1ncc(C(=O)Nc2ccnn2C(C)C(C)C)cn1. The van der Waals surface area contributed by atoms with Gasteiger partial charge in [0.1, 0.15) is 11.6 Å². The molecular formula is C15H21N5O. The molecule has 0 aliphatic heterocycles. The Labute approximate surface area is 124 Å². The maximum absolute atomic E-state index is 12.2. The van der Waals surface area contributed by atoms with Gasteiger partial charge in [-0.05, 0) is 12.8 Å². The highest BCUT2D eigenvalue weighted by Gasteiger charge is 2.16. The maximum Gasteiger partial charge on any atom is 0.259 e. The molecule has 6 nitrogen and oxygen atoms in total. The summed E-state index contributed by atoms with van der Waals surface area (Å²) >= 11 is 0. The van der Waals surface area contributed by atoms with E-state index in [-0.39, 0.29) is 11.9 Å². The molecule has 2 heterocycles.